The maximum absolute atomic E-state index is 11.4. The standard InChI is InChI=1S/C10H16BNO5S/c1-18-6-9(13)12-8-4-2-3-7(5-10(14)15)17-11(8)16/h2-3,7-8,16H,4-6H2,1H3,(H,12,13)(H,14,15)/t7-,8+/m1/s1. The van der Waals surface area contributed by atoms with Gasteiger partial charge in [-0.05, 0) is 12.7 Å². The van der Waals surface area contributed by atoms with Crippen molar-refractivity contribution in [3.63, 3.8) is 0 Å². The molecule has 0 aromatic heterocycles. The Morgan fingerprint density at radius 3 is 2.94 bits per heavy atom. The first kappa shape index (κ1) is 15.1. The predicted molar refractivity (Wildman–Crippen MR) is 69.2 cm³/mol. The van der Waals surface area contributed by atoms with Gasteiger partial charge < -0.3 is 20.1 Å². The second kappa shape index (κ2) is 7.45. The first-order valence-corrected chi connectivity index (χ1v) is 6.92. The van der Waals surface area contributed by atoms with E-state index in [1.165, 1.54) is 11.8 Å². The fraction of sp³-hybridized carbons (Fsp3) is 0.600. The third-order valence-electron chi connectivity index (χ3n) is 2.40. The van der Waals surface area contributed by atoms with Crippen molar-refractivity contribution in [1.29, 1.82) is 0 Å². The van der Waals surface area contributed by atoms with Crippen LogP contribution in [0.5, 0.6) is 0 Å². The van der Waals surface area contributed by atoms with E-state index in [9.17, 15) is 14.6 Å². The molecule has 0 aromatic rings. The molecule has 6 nitrogen and oxygen atoms in total. The van der Waals surface area contributed by atoms with Gasteiger partial charge in [0.25, 0.3) is 0 Å². The van der Waals surface area contributed by atoms with E-state index in [0.717, 1.165) is 0 Å². The summed E-state index contributed by atoms with van der Waals surface area (Å²) in [5, 5.41) is 21.1. The minimum atomic E-state index is -1.20. The molecule has 0 aliphatic carbocycles. The van der Waals surface area contributed by atoms with Gasteiger partial charge in [-0.1, -0.05) is 12.2 Å². The van der Waals surface area contributed by atoms with Gasteiger partial charge >= 0.3 is 13.1 Å². The van der Waals surface area contributed by atoms with Crippen LogP contribution < -0.4 is 5.32 Å². The molecule has 1 rings (SSSR count). The highest BCUT2D eigenvalue weighted by Crippen LogP contribution is 2.12. The molecule has 1 amide bonds. The van der Waals surface area contributed by atoms with Crippen LogP contribution in [0.15, 0.2) is 12.2 Å². The molecule has 0 saturated heterocycles. The smallest absolute Gasteiger partial charge is 0.478 e. The van der Waals surface area contributed by atoms with E-state index in [0.29, 0.717) is 12.2 Å². The molecule has 0 spiro atoms. The van der Waals surface area contributed by atoms with Gasteiger partial charge in [-0.15, -0.1) is 0 Å². The average molecular weight is 273 g/mol. The molecule has 100 valence electrons. The summed E-state index contributed by atoms with van der Waals surface area (Å²) in [4.78, 5) is 22.0. The number of nitrogens with one attached hydrogen (secondary N) is 1. The maximum Gasteiger partial charge on any atom is 0.478 e. The van der Waals surface area contributed by atoms with Crippen LogP contribution in [0.1, 0.15) is 12.8 Å². The SMILES string of the molecule is CSCC(=O)N[C@H]1CC=C[C@H](CC(=O)O)OB1O. The van der Waals surface area contributed by atoms with Crippen molar-refractivity contribution in [2.24, 2.45) is 0 Å². The van der Waals surface area contributed by atoms with Crippen LogP contribution >= 0.6 is 11.8 Å². The van der Waals surface area contributed by atoms with Gasteiger partial charge in [-0.2, -0.15) is 11.8 Å². The molecule has 3 N–H and O–H groups in total. The number of carboxylic acid groups (broad SMARTS) is 1. The Morgan fingerprint density at radius 1 is 1.61 bits per heavy atom. The minimum Gasteiger partial charge on any atom is -0.481 e. The number of hydrogen-bond donors (Lipinski definition) is 3. The summed E-state index contributed by atoms with van der Waals surface area (Å²) < 4.78 is 5.18. The lowest BCUT2D eigenvalue weighted by Gasteiger charge is -2.19. The maximum atomic E-state index is 11.4. The predicted octanol–water partition coefficient (Wildman–Crippen LogP) is -0.326. The summed E-state index contributed by atoms with van der Waals surface area (Å²) in [6, 6.07) is 0. The third-order valence-corrected chi connectivity index (χ3v) is 2.95. The number of hydrogen-bond acceptors (Lipinski definition) is 5. The highest BCUT2D eigenvalue weighted by molar-refractivity contribution is 7.99. The molecular formula is C10H16BNO5S. The Labute approximate surface area is 110 Å². The van der Waals surface area contributed by atoms with Crippen LogP contribution in [0.4, 0.5) is 0 Å². The summed E-state index contributed by atoms with van der Waals surface area (Å²) in [6.45, 7) is 0. The van der Waals surface area contributed by atoms with E-state index < -0.39 is 25.1 Å². The Kier molecular flexibility index (Phi) is 6.24. The summed E-state index contributed by atoms with van der Waals surface area (Å²) in [5.41, 5.74) is 0. The fourth-order valence-electron chi connectivity index (χ4n) is 1.61. The number of carbonyl (C=O) groups is 2. The Morgan fingerprint density at radius 2 is 2.33 bits per heavy atom. The van der Waals surface area contributed by atoms with E-state index in [4.69, 9.17) is 9.76 Å². The van der Waals surface area contributed by atoms with Crippen LogP contribution in [-0.4, -0.2) is 53.2 Å². The van der Waals surface area contributed by atoms with E-state index in [-0.39, 0.29) is 12.3 Å². The Balaban J connectivity index is 2.52. The summed E-state index contributed by atoms with van der Waals surface area (Å²) in [5.74, 6) is -1.41. The molecule has 0 aromatic carbocycles. The fourth-order valence-corrected chi connectivity index (χ4v) is 1.96. The average Bonchev–Trinajstić information content (AvgIpc) is 2.41. The lowest BCUT2D eigenvalue weighted by atomic mass is 9.77. The number of carbonyl (C=O) groups excluding carboxylic acids is 1. The molecule has 1 aliphatic rings. The third kappa shape index (κ3) is 5.11. The summed E-state index contributed by atoms with van der Waals surface area (Å²) in [6.07, 6.45) is 4.66. The van der Waals surface area contributed by atoms with Crippen LogP contribution in [0.2, 0.25) is 0 Å². The lowest BCUT2D eigenvalue weighted by Crippen LogP contribution is -2.48. The van der Waals surface area contributed by atoms with Crippen LogP contribution in [0, 0.1) is 0 Å². The Bertz CT molecular complexity index is 338. The second-order valence-corrected chi connectivity index (χ2v) is 4.80. The molecule has 0 unspecified atom stereocenters. The topological polar surface area (TPSA) is 95.9 Å². The summed E-state index contributed by atoms with van der Waals surface area (Å²) >= 11 is 1.38. The zero-order valence-corrected chi connectivity index (χ0v) is 10.9. The van der Waals surface area contributed by atoms with Crippen molar-refractivity contribution in [2.75, 3.05) is 12.0 Å². The summed E-state index contributed by atoms with van der Waals surface area (Å²) in [7, 11) is -1.20. The van der Waals surface area contributed by atoms with Crippen molar-refractivity contribution in [3.05, 3.63) is 12.2 Å². The highest BCUT2D eigenvalue weighted by Gasteiger charge is 2.32. The van der Waals surface area contributed by atoms with Crippen molar-refractivity contribution in [2.45, 2.75) is 24.9 Å². The van der Waals surface area contributed by atoms with Crippen molar-refractivity contribution >= 4 is 30.8 Å². The molecular weight excluding hydrogens is 257 g/mol. The molecule has 8 heteroatoms. The van der Waals surface area contributed by atoms with Crippen molar-refractivity contribution < 1.29 is 24.4 Å². The molecule has 0 radical (unpaired) electrons. The molecule has 1 aliphatic heterocycles. The normalized spacial score (nSPS) is 23.6. The minimum absolute atomic E-state index is 0.180. The second-order valence-electron chi connectivity index (χ2n) is 3.93. The van der Waals surface area contributed by atoms with Crippen LogP contribution in [0.3, 0.4) is 0 Å². The monoisotopic (exact) mass is 273 g/mol. The van der Waals surface area contributed by atoms with Crippen molar-refractivity contribution in [1.82, 2.24) is 5.32 Å². The van der Waals surface area contributed by atoms with Crippen LogP contribution in [0.25, 0.3) is 0 Å². The first-order chi connectivity index (χ1) is 8.52. The molecule has 0 fully saturated rings. The molecule has 2 atom stereocenters. The largest absolute Gasteiger partial charge is 0.481 e. The number of thioether (sulfide) groups is 1. The lowest BCUT2D eigenvalue weighted by molar-refractivity contribution is -0.138. The van der Waals surface area contributed by atoms with E-state index in [1.54, 1.807) is 12.2 Å². The number of amides is 1. The Hall–Kier alpha value is -0.985. The van der Waals surface area contributed by atoms with Gasteiger partial charge in [-0.25, -0.2) is 0 Å². The highest BCUT2D eigenvalue weighted by atomic mass is 32.2. The first-order valence-electron chi connectivity index (χ1n) is 5.53. The number of carboxylic acids is 1. The molecule has 0 saturated carbocycles. The van der Waals surface area contributed by atoms with Gasteiger partial charge in [0.1, 0.15) is 0 Å². The van der Waals surface area contributed by atoms with Gasteiger partial charge in [0, 0.05) is 0 Å². The van der Waals surface area contributed by atoms with Crippen LogP contribution in [-0.2, 0) is 14.2 Å². The van der Waals surface area contributed by atoms with Gasteiger partial charge in [0.2, 0.25) is 5.91 Å². The van der Waals surface area contributed by atoms with E-state index >= 15 is 0 Å². The number of rotatable bonds is 5. The quantitative estimate of drug-likeness (QED) is 0.469. The molecule has 0 bridgehead atoms. The van der Waals surface area contributed by atoms with Gasteiger partial charge in [0.05, 0.1) is 24.2 Å². The number of aliphatic carboxylic acids is 1. The zero-order chi connectivity index (χ0) is 13.5. The van der Waals surface area contributed by atoms with E-state index in [1.807, 2.05) is 6.26 Å². The zero-order valence-electron chi connectivity index (χ0n) is 10.0. The van der Waals surface area contributed by atoms with Gasteiger partial charge in [-0.3, -0.25) is 9.59 Å². The molecule has 1 heterocycles. The van der Waals surface area contributed by atoms with Crippen molar-refractivity contribution in [3.8, 4) is 0 Å². The van der Waals surface area contributed by atoms with E-state index in [2.05, 4.69) is 5.32 Å². The van der Waals surface area contributed by atoms with Gasteiger partial charge in [0.15, 0.2) is 0 Å². The molecule has 18 heavy (non-hydrogen) atoms.